The first-order valence-corrected chi connectivity index (χ1v) is 7.98. The molecule has 0 amide bonds. The van der Waals surface area contributed by atoms with Crippen molar-refractivity contribution >= 4 is 5.97 Å². The number of aromatic nitrogens is 1. The summed E-state index contributed by atoms with van der Waals surface area (Å²) in [4.78, 5) is 26.3. The van der Waals surface area contributed by atoms with Crippen LogP contribution in [-0.2, 0) is 16.0 Å². The fourth-order valence-corrected chi connectivity index (χ4v) is 2.35. The molecule has 0 aliphatic carbocycles. The molecule has 1 aromatic heterocycles. The van der Waals surface area contributed by atoms with Crippen LogP contribution in [0.2, 0.25) is 0 Å². The van der Waals surface area contributed by atoms with E-state index in [1.54, 1.807) is 13.1 Å². The first-order chi connectivity index (χ1) is 10.8. The third-order valence-corrected chi connectivity index (χ3v) is 3.49. The van der Waals surface area contributed by atoms with Gasteiger partial charge in [0.2, 0.25) is 0 Å². The van der Waals surface area contributed by atoms with Gasteiger partial charge in [-0.3, -0.25) is 9.36 Å². The summed E-state index contributed by atoms with van der Waals surface area (Å²) in [7, 11) is 3.85. The maximum atomic E-state index is 14.0. The summed E-state index contributed by atoms with van der Waals surface area (Å²) in [6.07, 6.45) is 2.61. The van der Waals surface area contributed by atoms with E-state index in [1.807, 2.05) is 32.8 Å². The lowest BCUT2D eigenvalue weighted by molar-refractivity contribution is -0.147. The predicted molar refractivity (Wildman–Crippen MR) is 88.0 cm³/mol. The lowest BCUT2D eigenvalue weighted by Gasteiger charge is -2.21. The molecule has 1 atom stereocenters. The van der Waals surface area contributed by atoms with Crippen LogP contribution in [0.4, 0.5) is 4.39 Å². The van der Waals surface area contributed by atoms with E-state index in [9.17, 15) is 14.0 Å². The Hall–Kier alpha value is -1.69. The molecule has 0 N–H and O–H groups in total. The molecular formula is C17H27FN2O3. The molecule has 1 aromatic rings. The van der Waals surface area contributed by atoms with Gasteiger partial charge in [-0.05, 0) is 51.4 Å². The topological polar surface area (TPSA) is 51.5 Å². The second-order valence-corrected chi connectivity index (χ2v) is 6.36. The number of pyridine rings is 1. The summed E-state index contributed by atoms with van der Waals surface area (Å²) in [5.74, 6) is -1.16. The van der Waals surface area contributed by atoms with E-state index in [0.717, 1.165) is 6.54 Å². The molecule has 1 unspecified atom stereocenters. The monoisotopic (exact) mass is 326 g/mol. The molecule has 0 aromatic carbocycles. The quantitative estimate of drug-likeness (QED) is 0.688. The maximum absolute atomic E-state index is 14.0. The fraction of sp³-hybridized carbons (Fsp3) is 0.647. The van der Waals surface area contributed by atoms with Crippen molar-refractivity contribution in [2.45, 2.75) is 39.7 Å². The Morgan fingerprint density at radius 3 is 2.57 bits per heavy atom. The van der Waals surface area contributed by atoms with Crippen LogP contribution in [-0.4, -0.2) is 42.7 Å². The van der Waals surface area contributed by atoms with Crippen LogP contribution in [0.15, 0.2) is 17.1 Å². The molecule has 0 spiro atoms. The molecule has 0 fully saturated rings. The van der Waals surface area contributed by atoms with Crippen LogP contribution in [0.25, 0.3) is 0 Å². The predicted octanol–water partition coefficient (Wildman–Crippen LogP) is 2.24. The molecule has 0 radical (unpaired) electrons. The van der Waals surface area contributed by atoms with Crippen molar-refractivity contribution in [2.75, 3.05) is 27.2 Å². The molecule has 6 heteroatoms. The van der Waals surface area contributed by atoms with Crippen LogP contribution in [0.1, 0.15) is 38.8 Å². The van der Waals surface area contributed by atoms with E-state index < -0.39 is 23.4 Å². The summed E-state index contributed by atoms with van der Waals surface area (Å²) in [5.41, 5.74) is -0.0915. The molecular weight excluding hydrogens is 299 g/mol. The zero-order valence-corrected chi connectivity index (χ0v) is 14.6. The Labute approximate surface area is 137 Å². The molecule has 130 valence electrons. The Morgan fingerprint density at radius 2 is 2.04 bits per heavy atom. The minimum Gasteiger partial charge on any atom is -0.464 e. The molecule has 23 heavy (non-hydrogen) atoms. The van der Waals surface area contributed by atoms with Gasteiger partial charge in [0.1, 0.15) is 6.04 Å². The average molecular weight is 326 g/mol. The van der Waals surface area contributed by atoms with Crippen molar-refractivity contribution in [3.05, 3.63) is 34.0 Å². The number of carbonyl (C=O) groups is 1. The molecule has 1 heterocycles. The summed E-state index contributed by atoms with van der Waals surface area (Å²) in [6.45, 7) is 6.56. The van der Waals surface area contributed by atoms with Gasteiger partial charge in [-0.25, -0.2) is 9.18 Å². The summed E-state index contributed by atoms with van der Waals surface area (Å²) in [5, 5.41) is 0. The summed E-state index contributed by atoms with van der Waals surface area (Å²) >= 11 is 0. The average Bonchev–Trinajstić information content (AvgIpc) is 2.46. The number of nitrogens with zero attached hydrogens (tertiary/aromatic N) is 2. The number of carbonyl (C=O) groups excluding carboxylic acids is 1. The number of hydrogen-bond acceptors (Lipinski definition) is 4. The Balaban J connectivity index is 3.22. The highest BCUT2D eigenvalue weighted by Gasteiger charge is 2.25. The molecule has 5 nitrogen and oxygen atoms in total. The molecule has 0 saturated carbocycles. The third kappa shape index (κ3) is 5.78. The van der Waals surface area contributed by atoms with Gasteiger partial charge < -0.3 is 9.64 Å². The number of likely N-dealkylation sites (N-methyl/N-ethyl adjacent to an activating group) is 1. The first kappa shape index (κ1) is 19.4. The number of hydrogen-bond donors (Lipinski definition) is 0. The lowest BCUT2D eigenvalue weighted by atomic mass is 10.0. The van der Waals surface area contributed by atoms with E-state index in [-0.39, 0.29) is 12.5 Å². The largest absolute Gasteiger partial charge is 0.464 e. The van der Waals surface area contributed by atoms with Crippen LogP contribution in [0.5, 0.6) is 0 Å². The van der Waals surface area contributed by atoms with E-state index in [0.29, 0.717) is 18.4 Å². The molecule has 0 aliphatic heterocycles. The highest BCUT2D eigenvalue weighted by molar-refractivity contribution is 5.74. The van der Waals surface area contributed by atoms with Gasteiger partial charge in [0.25, 0.3) is 5.56 Å². The zero-order chi connectivity index (χ0) is 17.6. The second-order valence-electron chi connectivity index (χ2n) is 6.36. The highest BCUT2D eigenvalue weighted by atomic mass is 19.1. The third-order valence-electron chi connectivity index (χ3n) is 3.49. The van der Waals surface area contributed by atoms with Gasteiger partial charge >= 0.3 is 5.97 Å². The SMILES string of the molecule is CCOC(=O)C(CC(C)C)n1cc(CCN(C)C)cc(F)c1=O. The molecule has 0 aliphatic rings. The van der Waals surface area contributed by atoms with Crippen LogP contribution < -0.4 is 5.56 Å². The summed E-state index contributed by atoms with van der Waals surface area (Å²) < 4.78 is 20.3. The number of esters is 1. The van der Waals surface area contributed by atoms with Gasteiger partial charge in [-0.1, -0.05) is 13.8 Å². The van der Waals surface area contributed by atoms with Gasteiger partial charge in [-0.15, -0.1) is 0 Å². The van der Waals surface area contributed by atoms with Crippen LogP contribution in [0.3, 0.4) is 0 Å². The maximum Gasteiger partial charge on any atom is 0.329 e. The van der Waals surface area contributed by atoms with Crippen molar-refractivity contribution in [1.82, 2.24) is 9.47 Å². The van der Waals surface area contributed by atoms with Gasteiger partial charge in [0.05, 0.1) is 6.61 Å². The van der Waals surface area contributed by atoms with Crippen LogP contribution in [0, 0.1) is 11.7 Å². The van der Waals surface area contributed by atoms with Crippen molar-refractivity contribution in [3.8, 4) is 0 Å². The summed E-state index contributed by atoms with van der Waals surface area (Å²) in [6, 6.07) is 0.455. The smallest absolute Gasteiger partial charge is 0.329 e. The molecule has 0 bridgehead atoms. The van der Waals surface area contributed by atoms with Crippen molar-refractivity contribution < 1.29 is 13.9 Å². The van der Waals surface area contributed by atoms with E-state index >= 15 is 0 Å². The minimum absolute atomic E-state index is 0.171. The Bertz CT molecular complexity index is 582. The van der Waals surface area contributed by atoms with Crippen molar-refractivity contribution in [2.24, 2.45) is 5.92 Å². The second kappa shape index (κ2) is 8.82. The van der Waals surface area contributed by atoms with E-state index in [1.165, 1.54) is 10.6 Å². The number of ether oxygens (including phenoxy) is 1. The minimum atomic E-state index is -0.834. The molecule has 1 rings (SSSR count). The first-order valence-electron chi connectivity index (χ1n) is 7.98. The van der Waals surface area contributed by atoms with Gasteiger partial charge in [0, 0.05) is 12.7 Å². The van der Waals surface area contributed by atoms with Crippen molar-refractivity contribution in [3.63, 3.8) is 0 Å². The highest BCUT2D eigenvalue weighted by Crippen LogP contribution is 2.19. The Morgan fingerprint density at radius 1 is 1.39 bits per heavy atom. The lowest BCUT2D eigenvalue weighted by Crippen LogP contribution is -2.34. The van der Waals surface area contributed by atoms with Crippen molar-refractivity contribution in [1.29, 1.82) is 0 Å². The van der Waals surface area contributed by atoms with Gasteiger partial charge in [-0.2, -0.15) is 0 Å². The van der Waals surface area contributed by atoms with Crippen LogP contribution >= 0.6 is 0 Å². The zero-order valence-electron chi connectivity index (χ0n) is 14.6. The van der Waals surface area contributed by atoms with Gasteiger partial charge in [0.15, 0.2) is 5.82 Å². The molecule has 0 saturated heterocycles. The Kier molecular flexibility index (Phi) is 7.42. The normalized spacial score (nSPS) is 12.7. The van der Waals surface area contributed by atoms with E-state index in [4.69, 9.17) is 4.74 Å². The standard InChI is InChI=1S/C17H27FN2O3/c1-6-23-17(22)15(9-12(2)3)20-11-13(7-8-19(4)5)10-14(18)16(20)21/h10-12,15H,6-9H2,1-5H3. The van der Waals surface area contributed by atoms with E-state index in [2.05, 4.69) is 0 Å². The fourth-order valence-electron chi connectivity index (χ4n) is 2.35. The number of rotatable bonds is 8. The number of halogens is 1.